The van der Waals surface area contributed by atoms with Crippen LogP contribution in [0, 0.1) is 5.92 Å². The molecule has 1 N–H and O–H groups in total. The third-order valence-corrected chi connectivity index (χ3v) is 5.25. The maximum atomic E-state index is 12.8. The molecule has 0 aromatic rings. The monoisotopic (exact) mass is 295 g/mol. The Labute approximate surface area is 130 Å². The van der Waals surface area contributed by atoms with Crippen molar-refractivity contribution in [2.45, 2.75) is 96.1 Å². The minimum Gasteiger partial charge on any atom is -0.393 e. The second-order valence-electron chi connectivity index (χ2n) is 7.24. The van der Waals surface area contributed by atoms with E-state index in [9.17, 15) is 9.90 Å². The van der Waals surface area contributed by atoms with Gasteiger partial charge in [0.25, 0.3) is 0 Å². The Bertz CT molecular complexity index is 308. The number of hydrogen-bond acceptors (Lipinski definition) is 2. The fourth-order valence-electron chi connectivity index (χ4n) is 4.08. The fourth-order valence-corrected chi connectivity index (χ4v) is 4.08. The minimum absolute atomic E-state index is 0.269. The third kappa shape index (κ3) is 5.61. The molecule has 122 valence electrons. The molecular weight excluding hydrogens is 262 g/mol. The molecule has 1 heterocycles. The molecule has 2 aliphatic rings. The van der Waals surface area contributed by atoms with Gasteiger partial charge in [-0.1, -0.05) is 38.5 Å². The average Bonchev–Trinajstić information content (AvgIpc) is 2.81. The average molecular weight is 295 g/mol. The van der Waals surface area contributed by atoms with Crippen LogP contribution in [0.15, 0.2) is 0 Å². The van der Waals surface area contributed by atoms with Crippen molar-refractivity contribution in [1.29, 1.82) is 0 Å². The number of nitrogens with zero attached hydrogens (tertiary/aromatic N) is 1. The number of aliphatic hydroxyl groups is 1. The Balaban J connectivity index is 1.92. The second-order valence-corrected chi connectivity index (χ2v) is 7.24. The summed E-state index contributed by atoms with van der Waals surface area (Å²) >= 11 is 0. The van der Waals surface area contributed by atoms with Crippen molar-refractivity contribution in [3.8, 4) is 0 Å². The highest BCUT2D eigenvalue weighted by Gasteiger charge is 2.28. The predicted octanol–water partition coefficient (Wildman–Crippen LogP) is 3.89. The molecule has 1 aliphatic carbocycles. The Hall–Kier alpha value is -0.570. The molecule has 2 rings (SSSR count). The van der Waals surface area contributed by atoms with E-state index in [0.29, 0.717) is 11.8 Å². The summed E-state index contributed by atoms with van der Waals surface area (Å²) in [5, 5.41) is 9.72. The van der Waals surface area contributed by atoms with E-state index in [1.165, 1.54) is 51.4 Å². The van der Waals surface area contributed by atoms with Crippen LogP contribution in [-0.2, 0) is 4.79 Å². The van der Waals surface area contributed by atoms with E-state index in [1.54, 1.807) is 0 Å². The molecule has 21 heavy (non-hydrogen) atoms. The van der Waals surface area contributed by atoms with Crippen molar-refractivity contribution < 1.29 is 9.90 Å². The first-order valence-electron chi connectivity index (χ1n) is 9.14. The van der Waals surface area contributed by atoms with Crippen molar-refractivity contribution in [3.63, 3.8) is 0 Å². The number of aliphatic hydroxyl groups excluding tert-OH is 1. The zero-order chi connectivity index (χ0) is 15.1. The number of carbonyl (C=O) groups excluding carboxylic acids is 1. The van der Waals surface area contributed by atoms with Crippen molar-refractivity contribution in [2.24, 2.45) is 5.92 Å². The van der Waals surface area contributed by atoms with Crippen LogP contribution < -0.4 is 0 Å². The molecule has 2 atom stereocenters. The Morgan fingerprint density at radius 2 is 1.67 bits per heavy atom. The first-order chi connectivity index (χ1) is 10.2. The van der Waals surface area contributed by atoms with Gasteiger partial charge in [-0.25, -0.2) is 0 Å². The van der Waals surface area contributed by atoms with Crippen LogP contribution in [0.2, 0.25) is 0 Å². The molecule has 1 saturated heterocycles. The molecule has 0 spiro atoms. The number of likely N-dealkylation sites (tertiary alicyclic amines) is 1. The van der Waals surface area contributed by atoms with Crippen LogP contribution in [0.4, 0.5) is 0 Å². The zero-order valence-corrected chi connectivity index (χ0v) is 13.7. The molecule has 1 saturated carbocycles. The summed E-state index contributed by atoms with van der Waals surface area (Å²) in [6.07, 6.45) is 13.6. The van der Waals surface area contributed by atoms with Gasteiger partial charge >= 0.3 is 0 Å². The lowest BCUT2D eigenvalue weighted by Gasteiger charge is -2.32. The number of rotatable bonds is 4. The lowest BCUT2D eigenvalue weighted by atomic mass is 9.95. The number of amides is 1. The van der Waals surface area contributed by atoms with Crippen LogP contribution in [-0.4, -0.2) is 34.6 Å². The molecule has 3 heteroatoms. The lowest BCUT2D eigenvalue weighted by Crippen LogP contribution is -2.42. The largest absolute Gasteiger partial charge is 0.393 e. The van der Waals surface area contributed by atoms with Gasteiger partial charge in [0.2, 0.25) is 5.91 Å². The van der Waals surface area contributed by atoms with Gasteiger partial charge in [0.1, 0.15) is 0 Å². The smallest absolute Gasteiger partial charge is 0.223 e. The fraction of sp³-hybridized carbons (Fsp3) is 0.944. The topological polar surface area (TPSA) is 40.5 Å². The van der Waals surface area contributed by atoms with E-state index in [1.807, 2.05) is 6.92 Å². The molecule has 2 fully saturated rings. The highest BCUT2D eigenvalue weighted by molar-refractivity contribution is 5.76. The second kappa shape index (κ2) is 8.77. The maximum Gasteiger partial charge on any atom is 0.223 e. The molecule has 0 bridgehead atoms. The highest BCUT2D eigenvalue weighted by Crippen LogP contribution is 2.28. The van der Waals surface area contributed by atoms with Crippen molar-refractivity contribution in [2.75, 3.05) is 6.54 Å². The SMILES string of the molecule is CC(O)CC1CCCCCN1C(=O)CC1CCCCCC1. The van der Waals surface area contributed by atoms with E-state index < -0.39 is 0 Å². The summed E-state index contributed by atoms with van der Waals surface area (Å²) in [5.41, 5.74) is 0. The predicted molar refractivity (Wildman–Crippen MR) is 86.1 cm³/mol. The standard InChI is InChI=1S/C18H33NO2/c1-15(20)13-17-11-7-4-8-12-19(17)18(21)14-16-9-5-2-3-6-10-16/h15-17,20H,2-14H2,1H3. The number of hydrogen-bond donors (Lipinski definition) is 1. The van der Waals surface area contributed by atoms with Crippen molar-refractivity contribution in [3.05, 3.63) is 0 Å². The van der Waals surface area contributed by atoms with E-state index in [-0.39, 0.29) is 12.1 Å². The highest BCUT2D eigenvalue weighted by atomic mass is 16.3. The molecule has 2 unspecified atom stereocenters. The number of carbonyl (C=O) groups is 1. The van der Waals surface area contributed by atoms with E-state index >= 15 is 0 Å². The third-order valence-electron chi connectivity index (χ3n) is 5.25. The Morgan fingerprint density at radius 3 is 2.33 bits per heavy atom. The van der Waals surface area contributed by atoms with Gasteiger partial charge in [-0.05, 0) is 44.9 Å². The van der Waals surface area contributed by atoms with Gasteiger partial charge in [0, 0.05) is 19.0 Å². The molecular formula is C18H33NO2. The summed E-state index contributed by atoms with van der Waals surface area (Å²) in [5.74, 6) is 0.963. The minimum atomic E-state index is -0.304. The summed E-state index contributed by atoms with van der Waals surface area (Å²) in [7, 11) is 0. The quantitative estimate of drug-likeness (QED) is 0.799. The summed E-state index contributed by atoms with van der Waals surface area (Å²) < 4.78 is 0. The van der Waals surface area contributed by atoms with Gasteiger partial charge in [-0.2, -0.15) is 0 Å². The van der Waals surface area contributed by atoms with Gasteiger partial charge in [0.15, 0.2) is 0 Å². The van der Waals surface area contributed by atoms with Crippen LogP contribution in [0.1, 0.15) is 84.0 Å². The molecule has 0 aromatic heterocycles. The van der Waals surface area contributed by atoms with E-state index in [4.69, 9.17) is 0 Å². The molecule has 0 aromatic carbocycles. The zero-order valence-electron chi connectivity index (χ0n) is 13.7. The lowest BCUT2D eigenvalue weighted by molar-refractivity contribution is -0.135. The van der Waals surface area contributed by atoms with Crippen LogP contribution in [0.5, 0.6) is 0 Å². The summed E-state index contributed by atoms with van der Waals surface area (Å²) in [4.78, 5) is 14.9. The van der Waals surface area contributed by atoms with Crippen molar-refractivity contribution in [1.82, 2.24) is 4.90 Å². The van der Waals surface area contributed by atoms with Crippen LogP contribution in [0.3, 0.4) is 0 Å². The van der Waals surface area contributed by atoms with Crippen LogP contribution in [0.25, 0.3) is 0 Å². The van der Waals surface area contributed by atoms with Gasteiger partial charge < -0.3 is 10.0 Å². The first kappa shape index (κ1) is 16.8. The molecule has 1 amide bonds. The molecule has 1 aliphatic heterocycles. The van der Waals surface area contributed by atoms with Gasteiger partial charge in [0.05, 0.1) is 6.10 Å². The van der Waals surface area contributed by atoms with Gasteiger partial charge in [-0.15, -0.1) is 0 Å². The first-order valence-corrected chi connectivity index (χ1v) is 9.14. The Morgan fingerprint density at radius 1 is 1.05 bits per heavy atom. The van der Waals surface area contributed by atoms with Gasteiger partial charge in [-0.3, -0.25) is 4.79 Å². The Kier molecular flexibility index (Phi) is 7.01. The van der Waals surface area contributed by atoms with E-state index in [2.05, 4.69) is 4.90 Å². The van der Waals surface area contributed by atoms with Crippen molar-refractivity contribution >= 4 is 5.91 Å². The molecule has 3 nitrogen and oxygen atoms in total. The normalized spacial score (nSPS) is 27.0. The summed E-state index contributed by atoms with van der Waals surface area (Å²) in [6.45, 7) is 2.75. The molecule has 0 radical (unpaired) electrons. The van der Waals surface area contributed by atoms with Crippen LogP contribution >= 0.6 is 0 Å². The summed E-state index contributed by atoms with van der Waals surface area (Å²) in [6, 6.07) is 0.269. The maximum absolute atomic E-state index is 12.8. The van der Waals surface area contributed by atoms with E-state index in [0.717, 1.165) is 32.2 Å².